The molecule has 1 atom stereocenters. The number of hydrogen-bond donors (Lipinski definition) is 1. The average molecular weight is 650 g/mol. The molecular formula is C31H27IN2O6. The van der Waals surface area contributed by atoms with Gasteiger partial charge in [0.1, 0.15) is 6.61 Å². The van der Waals surface area contributed by atoms with E-state index in [1.807, 2.05) is 55.6 Å². The van der Waals surface area contributed by atoms with Gasteiger partial charge >= 0.3 is 11.9 Å². The highest BCUT2D eigenvalue weighted by molar-refractivity contribution is 14.1. The van der Waals surface area contributed by atoms with Gasteiger partial charge in [0.25, 0.3) is 5.79 Å². The van der Waals surface area contributed by atoms with Gasteiger partial charge in [0, 0.05) is 42.4 Å². The van der Waals surface area contributed by atoms with Gasteiger partial charge in [0.15, 0.2) is 17.4 Å². The van der Waals surface area contributed by atoms with Crippen LogP contribution in [0.3, 0.4) is 0 Å². The Labute approximate surface area is 245 Å². The maximum atomic E-state index is 13.3. The molecule has 0 spiro atoms. The number of rotatable bonds is 8. The number of para-hydroxylation sites is 1. The normalized spacial score (nSPS) is 15.7. The second-order valence-electron chi connectivity index (χ2n) is 9.81. The van der Waals surface area contributed by atoms with E-state index >= 15 is 0 Å². The summed E-state index contributed by atoms with van der Waals surface area (Å²) in [5.74, 6) is -3.65. The lowest BCUT2D eigenvalue weighted by molar-refractivity contribution is -0.240. The number of H-pyrrole nitrogens is 1. The van der Waals surface area contributed by atoms with E-state index in [1.54, 1.807) is 18.2 Å². The van der Waals surface area contributed by atoms with Crippen molar-refractivity contribution in [3.63, 3.8) is 0 Å². The Balaban J connectivity index is 1.61. The Morgan fingerprint density at radius 2 is 1.75 bits per heavy atom. The smallest absolute Gasteiger partial charge is 0.324 e. The summed E-state index contributed by atoms with van der Waals surface area (Å²) in [6, 6.07) is 20.8. The second-order valence-corrected chi connectivity index (χ2v) is 11.0. The molecule has 0 bridgehead atoms. The summed E-state index contributed by atoms with van der Waals surface area (Å²) in [5.41, 5.74) is 3.57. The van der Waals surface area contributed by atoms with Gasteiger partial charge in [0.2, 0.25) is 0 Å². The number of aromatic amines is 1. The molecule has 0 radical (unpaired) electrons. The van der Waals surface area contributed by atoms with Crippen molar-refractivity contribution in [2.75, 3.05) is 6.61 Å². The molecule has 5 rings (SSSR count). The first-order chi connectivity index (χ1) is 19.2. The van der Waals surface area contributed by atoms with Crippen LogP contribution in [-0.4, -0.2) is 29.3 Å². The first-order valence-corrected chi connectivity index (χ1v) is 13.9. The minimum absolute atomic E-state index is 0.168. The van der Waals surface area contributed by atoms with Crippen LogP contribution in [0.1, 0.15) is 48.9 Å². The summed E-state index contributed by atoms with van der Waals surface area (Å²) in [6.45, 7) is 5.47. The molecule has 1 saturated heterocycles. The standard InChI is InChI=1S/C31H27IN2O6/c1-4-37-25-14-20(13-23(32)28(25)38-17-19-10-6-5-9-18(19)15-33)26(22-16-34-24-12-8-7-11-21(22)24)27-29(35)39-31(2,3)40-30(27)36/h5-14,16,26-27,34H,4,17H2,1-3H3/t26-/m1/s1. The Morgan fingerprint density at radius 3 is 2.48 bits per heavy atom. The minimum Gasteiger partial charge on any atom is -0.490 e. The van der Waals surface area contributed by atoms with Gasteiger partial charge in [0.05, 0.1) is 21.8 Å². The zero-order chi connectivity index (χ0) is 28.4. The molecule has 1 aliphatic heterocycles. The fraction of sp³-hybridized carbons (Fsp3) is 0.258. The average Bonchev–Trinajstić information content (AvgIpc) is 3.33. The van der Waals surface area contributed by atoms with Crippen LogP contribution in [0.5, 0.6) is 11.5 Å². The van der Waals surface area contributed by atoms with E-state index in [0.717, 1.165) is 25.6 Å². The van der Waals surface area contributed by atoms with Gasteiger partial charge in [-0.2, -0.15) is 5.26 Å². The summed E-state index contributed by atoms with van der Waals surface area (Å²) in [4.78, 5) is 29.9. The molecule has 0 aliphatic carbocycles. The van der Waals surface area contributed by atoms with Crippen LogP contribution in [0.2, 0.25) is 0 Å². The summed E-state index contributed by atoms with van der Waals surface area (Å²) < 4.78 is 24.0. The molecule has 1 N–H and O–H groups in total. The number of nitrogens with one attached hydrogen (secondary N) is 1. The number of esters is 2. The lowest BCUT2D eigenvalue weighted by Crippen LogP contribution is -2.48. The minimum atomic E-state index is -1.35. The largest absolute Gasteiger partial charge is 0.490 e. The fourth-order valence-electron chi connectivity index (χ4n) is 4.98. The van der Waals surface area contributed by atoms with Crippen molar-refractivity contribution in [3.05, 3.63) is 92.7 Å². The summed E-state index contributed by atoms with van der Waals surface area (Å²) in [6.07, 6.45) is 1.81. The predicted molar refractivity (Wildman–Crippen MR) is 156 cm³/mol. The predicted octanol–water partition coefficient (Wildman–Crippen LogP) is 6.21. The van der Waals surface area contributed by atoms with Gasteiger partial charge < -0.3 is 23.9 Å². The number of hydrogen-bond acceptors (Lipinski definition) is 7. The zero-order valence-corrected chi connectivity index (χ0v) is 24.4. The number of halogens is 1. The maximum Gasteiger partial charge on any atom is 0.324 e. The van der Waals surface area contributed by atoms with Gasteiger partial charge in [-0.3, -0.25) is 9.59 Å². The Bertz CT molecular complexity index is 1620. The highest BCUT2D eigenvalue weighted by atomic mass is 127. The van der Waals surface area contributed by atoms with Crippen LogP contribution in [0.15, 0.2) is 66.9 Å². The monoisotopic (exact) mass is 650 g/mol. The van der Waals surface area contributed by atoms with Crippen LogP contribution in [0.25, 0.3) is 10.9 Å². The number of ether oxygens (including phenoxy) is 4. The van der Waals surface area contributed by atoms with Crippen molar-refractivity contribution >= 4 is 45.4 Å². The van der Waals surface area contributed by atoms with E-state index < -0.39 is 29.6 Å². The van der Waals surface area contributed by atoms with E-state index in [1.165, 1.54) is 13.8 Å². The molecule has 3 aromatic carbocycles. The molecule has 8 nitrogen and oxygen atoms in total. The molecule has 1 aliphatic rings. The first-order valence-electron chi connectivity index (χ1n) is 12.8. The molecular weight excluding hydrogens is 623 g/mol. The second kappa shape index (κ2) is 11.2. The van der Waals surface area contributed by atoms with Crippen LogP contribution in [0.4, 0.5) is 0 Å². The molecule has 4 aromatic rings. The van der Waals surface area contributed by atoms with Crippen LogP contribution < -0.4 is 9.47 Å². The van der Waals surface area contributed by atoms with E-state index in [-0.39, 0.29) is 6.61 Å². The van der Waals surface area contributed by atoms with Crippen molar-refractivity contribution < 1.29 is 28.5 Å². The third kappa shape index (κ3) is 5.36. The maximum absolute atomic E-state index is 13.3. The third-order valence-electron chi connectivity index (χ3n) is 6.69. The van der Waals surface area contributed by atoms with E-state index in [4.69, 9.17) is 18.9 Å². The number of cyclic esters (lactones) is 2. The van der Waals surface area contributed by atoms with E-state index in [9.17, 15) is 14.9 Å². The van der Waals surface area contributed by atoms with Crippen LogP contribution in [-0.2, 0) is 25.7 Å². The lowest BCUT2D eigenvalue weighted by atomic mass is 9.80. The molecule has 1 fully saturated rings. The summed E-state index contributed by atoms with van der Waals surface area (Å²) >= 11 is 2.16. The number of benzene rings is 3. The number of carbonyl (C=O) groups excluding carboxylic acids is 2. The van der Waals surface area contributed by atoms with Crippen molar-refractivity contribution in [1.82, 2.24) is 4.98 Å². The van der Waals surface area contributed by atoms with Crippen molar-refractivity contribution in [1.29, 1.82) is 5.26 Å². The SMILES string of the molecule is CCOc1cc([C@H](c2c[nH]c3ccccc23)C2C(=O)OC(C)(C)OC2=O)cc(I)c1OCc1ccccc1C#N. The van der Waals surface area contributed by atoms with Crippen LogP contribution in [0, 0.1) is 20.8 Å². The van der Waals surface area contributed by atoms with E-state index in [2.05, 4.69) is 33.6 Å². The third-order valence-corrected chi connectivity index (χ3v) is 7.49. The van der Waals surface area contributed by atoms with Crippen molar-refractivity contribution in [2.45, 2.75) is 39.1 Å². The zero-order valence-electron chi connectivity index (χ0n) is 22.2. The molecule has 1 aromatic heterocycles. The van der Waals surface area contributed by atoms with Gasteiger partial charge in [-0.1, -0.05) is 36.4 Å². The number of nitriles is 1. The number of nitrogens with zero attached hydrogens (tertiary/aromatic N) is 1. The molecule has 40 heavy (non-hydrogen) atoms. The van der Waals surface area contributed by atoms with Crippen molar-refractivity contribution in [3.8, 4) is 17.6 Å². The molecule has 2 heterocycles. The topological polar surface area (TPSA) is 111 Å². The fourth-order valence-corrected chi connectivity index (χ4v) is 5.76. The van der Waals surface area contributed by atoms with Crippen molar-refractivity contribution in [2.24, 2.45) is 5.92 Å². The Hall–Kier alpha value is -4.04. The molecule has 204 valence electrons. The van der Waals surface area contributed by atoms with Gasteiger partial charge in [-0.25, -0.2) is 0 Å². The highest BCUT2D eigenvalue weighted by Crippen LogP contribution is 2.44. The van der Waals surface area contributed by atoms with E-state index in [0.29, 0.717) is 29.2 Å². The highest BCUT2D eigenvalue weighted by Gasteiger charge is 2.49. The summed E-state index contributed by atoms with van der Waals surface area (Å²) in [5, 5.41) is 10.3. The number of aromatic nitrogens is 1. The van der Waals surface area contributed by atoms with Gasteiger partial charge in [-0.05, 0) is 64.9 Å². The molecule has 0 amide bonds. The quantitative estimate of drug-likeness (QED) is 0.137. The Morgan fingerprint density at radius 1 is 1.05 bits per heavy atom. The van der Waals surface area contributed by atoms with Gasteiger partial charge in [-0.15, -0.1) is 0 Å². The summed E-state index contributed by atoms with van der Waals surface area (Å²) in [7, 11) is 0. The molecule has 9 heteroatoms. The lowest BCUT2D eigenvalue weighted by Gasteiger charge is -2.36. The number of fused-ring (bicyclic) bond motifs is 1. The first kappa shape index (κ1) is 27.5. The van der Waals surface area contributed by atoms with Crippen LogP contribution >= 0.6 is 22.6 Å². The Kier molecular flexibility index (Phi) is 7.72. The number of carbonyl (C=O) groups is 2. The molecule has 0 unspecified atom stereocenters. The molecule has 0 saturated carbocycles.